The molecular formula is C11H7ClN4O2. The van der Waals surface area contributed by atoms with E-state index >= 15 is 0 Å². The van der Waals surface area contributed by atoms with Gasteiger partial charge in [0.15, 0.2) is 0 Å². The quantitative estimate of drug-likeness (QED) is 0.607. The van der Waals surface area contributed by atoms with E-state index in [9.17, 15) is 9.59 Å². The molecule has 0 heterocycles. The summed E-state index contributed by atoms with van der Waals surface area (Å²) >= 11 is 5.72. The highest BCUT2D eigenvalue weighted by Crippen LogP contribution is 2.20. The Morgan fingerprint density at radius 3 is 2.61 bits per heavy atom. The van der Waals surface area contributed by atoms with Crippen LogP contribution in [0.5, 0.6) is 0 Å². The Labute approximate surface area is 108 Å². The van der Waals surface area contributed by atoms with Crippen LogP contribution in [-0.4, -0.2) is 18.4 Å². The van der Waals surface area contributed by atoms with E-state index in [0.717, 1.165) is 0 Å². The first-order valence-corrected chi connectivity index (χ1v) is 5.12. The summed E-state index contributed by atoms with van der Waals surface area (Å²) in [7, 11) is 0. The van der Waals surface area contributed by atoms with Crippen molar-refractivity contribution >= 4 is 29.1 Å². The van der Waals surface area contributed by atoms with Gasteiger partial charge < -0.3 is 10.6 Å². The minimum atomic E-state index is -0.969. The van der Waals surface area contributed by atoms with Gasteiger partial charge in [-0.25, -0.2) is 0 Å². The molecule has 2 amide bonds. The number of hydrogen-bond acceptors (Lipinski definition) is 4. The Morgan fingerprint density at radius 2 is 2.00 bits per heavy atom. The van der Waals surface area contributed by atoms with Crippen LogP contribution in [0.1, 0.15) is 5.56 Å². The number of carbonyl (C=O) groups is 2. The average Bonchev–Trinajstić information content (AvgIpc) is 2.36. The van der Waals surface area contributed by atoms with Gasteiger partial charge in [0.25, 0.3) is 0 Å². The normalized spacial score (nSPS) is 8.83. The first-order chi connectivity index (χ1) is 8.58. The third-order valence-corrected chi connectivity index (χ3v) is 2.12. The lowest BCUT2D eigenvalue weighted by Gasteiger charge is -2.06. The zero-order chi connectivity index (χ0) is 13.5. The minimum absolute atomic E-state index is 0.141. The Balaban J connectivity index is 2.82. The Bertz CT molecular complexity index is 571. The lowest BCUT2D eigenvalue weighted by Crippen LogP contribution is -2.35. The summed E-state index contributed by atoms with van der Waals surface area (Å²) in [6, 6.07) is 7.79. The Kier molecular flexibility index (Phi) is 4.67. The van der Waals surface area contributed by atoms with Crippen LogP contribution in [0.4, 0.5) is 5.69 Å². The SMILES string of the molecule is N#CCNC(=O)C(=O)Nc1cc(Cl)ccc1C#N. The maximum absolute atomic E-state index is 11.4. The third-order valence-electron chi connectivity index (χ3n) is 1.88. The van der Waals surface area contributed by atoms with Gasteiger partial charge in [-0.15, -0.1) is 0 Å². The van der Waals surface area contributed by atoms with Crippen molar-refractivity contribution in [1.29, 1.82) is 10.5 Å². The molecule has 0 spiro atoms. The summed E-state index contributed by atoms with van der Waals surface area (Å²) < 4.78 is 0. The molecule has 1 rings (SSSR count). The van der Waals surface area contributed by atoms with Crippen molar-refractivity contribution in [2.75, 3.05) is 11.9 Å². The number of halogens is 1. The van der Waals surface area contributed by atoms with Crippen LogP contribution in [0.25, 0.3) is 0 Å². The van der Waals surface area contributed by atoms with Crippen LogP contribution < -0.4 is 10.6 Å². The molecule has 0 aliphatic heterocycles. The molecule has 1 aromatic carbocycles. The van der Waals surface area contributed by atoms with Gasteiger partial charge in [-0.3, -0.25) is 9.59 Å². The van der Waals surface area contributed by atoms with Crippen molar-refractivity contribution in [2.24, 2.45) is 0 Å². The number of nitrogens with one attached hydrogen (secondary N) is 2. The van der Waals surface area contributed by atoms with Crippen LogP contribution in [0.15, 0.2) is 18.2 Å². The summed E-state index contributed by atoms with van der Waals surface area (Å²) in [6.07, 6.45) is 0. The highest BCUT2D eigenvalue weighted by Gasteiger charge is 2.14. The molecular weight excluding hydrogens is 256 g/mol. The maximum atomic E-state index is 11.4. The lowest BCUT2D eigenvalue weighted by atomic mass is 10.2. The molecule has 18 heavy (non-hydrogen) atoms. The second-order valence-corrected chi connectivity index (χ2v) is 3.53. The molecule has 7 heteroatoms. The van der Waals surface area contributed by atoms with E-state index in [1.165, 1.54) is 18.2 Å². The largest absolute Gasteiger partial charge is 0.335 e. The second-order valence-electron chi connectivity index (χ2n) is 3.10. The van der Waals surface area contributed by atoms with Crippen LogP contribution in [0, 0.1) is 22.7 Å². The van der Waals surface area contributed by atoms with Gasteiger partial charge >= 0.3 is 11.8 Å². The third kappa shape index (κ3) is 3.48. The van der Waals surface area contributed by atoms with Crippen molar-refractivity contribution in [1.82, 2.24) is 5.32 Å². The molecule has 6 nitrogen and oxygen atoms in total. The number of hydrogen-bond donors (Lipinski definition) is 2. The van der Waals surface area contributed by atoms with Gasteiger partial charge in [-0.05, 0) is 18.2 Å². The van der Waals surface area contributed by atoms with E-state index < -0.39 is 11.8 Å². The second kappa shape index (κ2) is 6.24. The first-order valence-electron chi connectivity index (χ1n) is 4.74. The van der Waals surface area contributed by atoms with Gasteiger partial charge in [0, 0.05) is 5.02 Å². The standard InChI is InChI=1S/C11H7ClN4O2/c12-8-2-1-7(6-14)9(5-8)16-11(18)10(17)15-4-3-13/h1-2,5H,4H2,(H,15,17)(H,16,18). The van der Waals surface area contributed by atoms with E-state index in [-0.39, 0.29) is 17.8 Å². The molecule has 1 aromatic rings. The van der Waals surface area contributed by atoms with Crippen molar-refractivity contribution in [2.45, 2.75) is 0 Å². The molecule has 0 aromatic heterocycles. The molecule has 0 radical (unpaired) electrons. The summed E-state index contributed by atoms with van der Waals surface area (Å²) in [5.74, 6) is -1.93. The van der Waals surface area contributed by atoms with Crippen LogP contribution in [-0.2, 0) is 9.59 Å². The Morgan fingerprint density at radius 1 is 1.28 bits per heavy atom. The molecule has 0 unspecified atom stereocenters. The molecule has 0 fully saturated rings. The zero-order valence-electron chi connectivity index (χ0n) is 9.03. The number of carbonyl (C=O) groups excluding carboxylic acids is 2. The van der Waals surface area contributed by atoms with E-state index in [0.29, 0.717) is 5.02 Å². The van der Waals surface area contributed by atoms with E-state index in [4.69, 9.17) is 22.1 Å². The molecule has 0 atom stereocenters. The molecule has 0 saturated carbocycles. The van der Waals surface area contributed by atoms with Crippen molar-refractivity contribution < 1.29 is 9.59 Å². The van der Waals surface area contributed by atoms with Crippen LogP contribution >= 0.6 is 11.6 Å². The smallest absolute Gasteiger partial charge is 0.313 e. The number of nitrogens with zero attached hydrogens (tertiary/aromatic N) is 2. The molecule has 0 aliphatic rings. The zero-order valence-corrected chi connectivity index (χ0v) is 9.78. The van der Waals surface area contributed by atoms with Gasteiger partial charge in [-0.1, -0.05) is 11.6 Å². The fraction of sp³-hybridized carbons (Fsp3) is 0.0909. The molecule has 0 aliphatic carbocycles. The van der Waals surface area contributed by atoms with E-state index in [2.05, 4.69) is 10.6 Å². The van der Waals surface area contributed by atoms with Gasteiger partial charge in [0.05, 0.1) is 17.3 Å². The van der Waals surface area contributed by atoms with Gasteiger partial charge in [0.2, 0.25) is 0 Å². The summed E-state index contributed by atoms with van der Waals surface area (Å²) in [5, 5.41) is 21.7. The number of rotatable bonds is 2. The van der Waals surface area contributed by atoms with E-state index in [1.54, 1.807) is 6.07 Å². The molecule has 90 valence electrons. The average molecular weight is 263 g/mol. The summed E-state index contributed by atoms with van der Waals surface area (Å²) in [6.45, 7) is -0.271. The predicted molar refractivity (Wildman–Crippen MR) is 63.4 cm³/mol. The molecule has 2 N–H and O–H groups in total. The highest BCUT2D eigenvalue weighted by atomic mass is 35.5. The number of benzene rings is 1. The number of anilines is 1. The molecule has 0 saturated heterocycles. The topological polar surface area (TPSA) is 106 Å². The monoisotopic (exact) mass is 262 g/mol. The maximum Gasteiger partial charge on any atom is 0.313 e. The molecule has 0 bridgehead atoms. The van der Waals surface area contributed by atoms with Crippen molar-refractivity contribution in [3.63, 3.8) is 0 Å². The van der Waals surface area contributed by atoms with Crippen LogP contribution in [0.3, 0.4) is 0 Å². The summed E-state index contributed by atoms with van der Waals surface area (Å²) in [4.78, 5) is 22.6. The lowest BCUT2D eigenvalue weighted by molar-refractivity contribution is -0.136. The van der Waals surface area contributed by atoms with Crippen LogP contribution in [0.2, 0.25) is 5.02 Å². The predicted octanol–water partition coefficient (Wildman–Crippen LogP) is 0.790. The van der Waals surface area contributed by atoms with Crippen molar-refractivity contribution in [3.05, 3.63) is 28.8 Å². The first kappa shape index (κ1) is 13.5. The fourth-order valence-corrected chi connectivity index (χ4v) is 1.27. The minimum Gasteiger partial charge on any atom is -0.335 e. The van der Waals surface area contributed by atoms with E-state index in [1.807, 2.05) is 6.07 Å². The van der Waals surface area contributed by atoms with Gasteiger partial charge in [0.1, 0.15) is 12.6 Å². The van der Waals surface area contributed by atoms with Gasteiger partial charge in [-0.2, -0.15) is 10.5 Å². The Hall–Kier alpha value is -2.57. The highest BCUT2D eigenvalue weighted by molar-refractivity contribution is 6.40. The summed E-state index contributed by atoms with van der Waals surface area (Å²) in [5.41, 5.74) is 0.322. The number of amides is 2. The van der Waals surface area contributed by atoms with Crippen molar-refractivity contribution in [3.8, 4) is 12.1 Å². The number of nitriles is 2. The fourth-order valence-electron chi connectivity index (χ4n) is 1.10.